The third-order valence-corrected chi connectivity index (χ3v) is 5.25. The monoisotopic (exact) mass is 389 g/mol. The first-order valence-corrected chi connectivity index (χ1v) is 9.71. The maximum absolute atomic E-state index is 12.8. The lowest BCUT2D eigenvalue weighted by atomic mass is 9.94. The molecule has 1 amide bonds. The van der Waals surface area contributed by atoms with Crippen LogP contribution in [0.15, 0.2) is 48.7 Å². The lowest BCUT2D eigenvalue weighted by Crippen LogP contribution is -2.15. The summed E-state index contributed by atoms with van der Waals surface area (Å²) in [7, 11) is 3.52. The molecule has 0 aliphatic heterocycles. The van der Waals surface area contributed by atoms with Crippen molar-refractivity contribution in [2.24, 2.45) is 0 Å². The molecule has 3 aromatic rings. The van der Waals surface area contributed by atoms with Crippen molar-refractivity contribution in [1.82, 2.24) is 4.98 Å². The van der Waals surface area contributed by atoms with Crippen molar-refractivity contribution in [1.29, 1.82) is 0 Å². The number of aryl methyl sites for hydroxylation is 1. The number of hydrogen-bond donors (Lipinski definition) is 2. The number of carbonyl (C=O) groups excluding carboxylic acids is 1. The summed E-state index contributed by atoms with van der Waals surface area (Å²) in [5, 5.41) is 6.22. The van der Waals surface area contributed by atoms with Crippen molar-refractivity contribution in [2.75, 3.05) is 24.8 Å². The van der Waals surface area contributed by atoms with Gasteiger partial charge in [0, 0.05) is 36.2 Å². The van der Waals surface area contributed by atoms with E-state index in [2.05, 4.69) is 40.7 Å². The molecule has 29 heavy (non-hydrogen) atoms. The molecule has 2 N–H and O–H groups in total. The molecule has 5 heteroatoms. The molecule has 0 saturated heterocycles. The molecule has 0 saturated carbocycles. The number of nitrogens with zero attached hydrogens (tertiary/aromatic N) is 1. The van der Waals surface area contributed by atoms with Gasteiger partial charge in [-0.1, -0.05) is 31.2 Å². The Morgan fingerprint density at radius 3 is 2.24 bits per heavy atom. The molecule has 0 aliphatic rings. The van der Waals surface area contributed by atoms with Crippen LogP contribution in [0.5, 0.6) is 5.75 Å². The number of benzene rings is 2. The van der Waals surface area contributed by atoms with E-state index in [1.165, 1.54) is 5.56 Å². The Morgan fingerprint density at radius 1 is 1.03 bits per heavy atom. The molecule has 3 rings (SSSR count). The summed E-state index contributed by atoms with van der Waals surface area (Å²) in [6, 6.07) is 13.8. The van der Waals surface area contributed by atoms with Gasteiger partial charge in [-0.15, -0.1) is 0 Å². The molecule has 0 fully saturated rings. The molecule has 1 aromatic heterocycles. The lowest BCUT2D eigenvalue weighted by Gasteiger charge is -2.16. The molecular weight excluding hydrogens is 362 g/mol. The fourth-order valence-corrected chi connectivity index (χ4v) is 3.49. The third kappa shape index (κ3) is 4.09. The summed E-state index contributed by atoms with van der Waals surface area (Å²) in [5.41, 5.74) is 7.56. The number of ether oxygens (including phenoxy) is 1. The Labute approximate surface area is 172 Å². The largest absolute Gasteiger partial charge is 0.496 e. The second kappa shape index (κ2) is 8.78. The van der Waals surface area contributed by atoms with E-state index >= 15 is 0 Å². The van der Waals surface area contributed by atoms with E-state index in [1.807, 2.05) is 39.1 Å². The normalized spacial score (nSPS) is 10.5. The van der Waals surface area contributed by atoms with Crippen LogP contribution in [0.3, 0.4) is 0 Å². The summed E-state index contributed by atoms with van der Waals surface area (Å²) >= 11 is 0. The quantitative estimate of drug-likeness (QED) is 0.606. The minimum atomic E-state index is -0.257. The van der Waals surface area contributed by atoms with E-state index in [0.29, 0.717) is 11.4 Å². The number of rotatable bonds is 6. The van der Waals surface area contributed by atoms with Crippen LogP contribution in [-0.2, 0) is 6.42 Å². The number of carbonyl (C=O) groups is 1. The summed E-state index contributed by atoms with van der Waals surface area (Å²) in [6.45, 7) is 6.14. The van der Waals surface area contributed by atoms with Gasteiger partial charge in [0.25, 0.3) is 5.91 Å². The number of nitrogens with one attached hydrogen (secondary N) is 2. The molecule has 2 aromatic carbocycles. The van der Waals surface area contributed by atoms with Crippen LogP contribution in [0.25, 0.3) is 11.1 Å². The maximum Gasteiger partial charge on any atom is 0.274 e. The topological polar surface area (TPSA) is 63.2 Å². The first-order chi connectivity index (χ1) is 14.0. The minimum absolute atomic E-state index is 0.257. The van der Waals surface area contributed by atoms with Crippen molar-refractivity contribution in [3.05, 3.63) is 71.0 Å². The molecule has 150 valence electrons. The van der Waals surface area contributed by atoms with E-state index in [1.54, 1.807) is 19.4 Å². The smallest absolute Gasteiger partial charge is 0.274 e. The Kier molecular flexibility index (Phi) is 6.17. The van der Waals surface area contributed by atoms with Crippen LogP contribution < -0.4 is 15.4 Å². The highest BCUT2D eigenvalue weighted by Gasteiger charge is 2.15. The fourth-order valence-electron chi connectivity index (χ4n) is 3.49. The molecule has 0 aliphatic carbocycles. The van der Waals surface area contributed by atoms with Gasteiger partial charge < -0.3 is 15.4 Å². The minimum Gasteiger partial charge on any atom is -0.496 e. The number of pyridine rings is 1. The van der Waals surface area contributed by atoms with Crippen molar-refractivity contribution >= 4 is 17.3 Å². The molecular formula is C24H27N3O2. The SMILES string of the molecule is CCc1cnc(C(=O)Nc2cccc(-c3cccc(NC)c3C)c2C)cc1OC. The molecule has 0 unspecified atom stereocenters. The van der Waals surface area contributed by atoms with Crippen LogP contribution in [0, 0.1) is 13.8 Å². The average Bonchev–Trinajstić information content (AvgIpc) is 2.75. The predicted octanol–water partition coefficient (Wildman–Crippen LogP) is 5.23. The van der Waals surface area contributed by atoms with Crippen LogP contribution in [0.1, 0.15) is 34.1 Å². The van der Waals surface area contributed by atoms with Crippen LogP contribution >= 0.6 is 0 Å². The average molecular weight is 389 g/mol. The number of anilines is 2. The second-order valence-electron chi connectivity index (χ2n) is 6.90. The van der Waals surface area contributed by atoms with E-state index in [4.69, 9.17) is 4.74 Å². The number of amides is 1. The highest BCUT2D eigenvalue weighted by molar-refractivity contribution is 6.04. The van der Waals surface area contributed by atoms with Gasteiger partial charge in [-0.2, -0.15) is 0 Å². The highest BCUT2D eigenvalue weighted by Crippen LogP contribution is 2.33. The summed E-state index contributed by atoms with van der Waals surface area (Å²) in [5.74, 6) is 0.421. The Balaban J connectivity index is 1.94. The highest BCUT2D eigenvalue weighted by atomic mass is 16.5. The molecule has 0 spiro atoms. The van der Waals surface area contributed by atoms with Crippen LogP contribution in [-0.4, -0.2) is 25.0 Å². The van der Waals surface area contributed by atoms with Gasteiger partial charge in [0.05, 0.1) is 7.11 Å². The standard InChI is InChI=1S/C24H27N3O2/c1-6-17-14-26-22(13-23(17)29-5)24(28)27-21-12-8-10-19(16(21)3)18-9-7-11-20(25-4)15(18)2/h7-14,25H,6H2,1-5H3,(H,27,28). The van der Waals surface area contributed by atoms with Gasteiger partial charge >= 0.3 is 0 Å². The zero-order chi connectivity index (χ0) is 21.0. The fraction of sp³-hybridized carbons (Fsp3) is 0.250. The third-order valence-electron chi connectivity index (χ3n) is 5.25. The second-order valence-corrected chi connectivity index (χ2v) is 6.90. The Hall–Kier alpha value is -3.34. The maximum atomic E-state index is 12.8. The van der Waals surface area contributed by atoms with Crippen molar-refractivity contribution < 1.29 is 9.53 Å². The molecule has 0 radical (unpaired) electrons. The number of hydrogen-bond acceptors (Lipinski definition) is 4. The molecule has 0 bridgehead atoms. The summed E-state index contributed by atoms with van der Waals surface area (Å²) < 4.78 is 5.39. The van der Waals surface area contributed by atoms with Crippen molar-refractivity contribution in [3.63, 3.8) is 0 Å². The van der Waals surface area contributed by atoms with Crippen LogP contribution in [0.2, 0.25) is 0 Å². The first-order valence-electron chi connectivity index (χ1n) is 9.71. The lowest BCUT2D eigenvalue weighted by molar-refractivity contribution is 0.102. The van der Waals surface area contributed by atoms with Crippen molar-refractivity contribution in [2.45, 2.75) is 27.2 Å². The van der Waals surface area contributed by atoms with Crippen LogP contribution in [0.4, 0.5) is 11.4 Å². The van der Waals surface area contributed by atoms with E-state index in [9.17, 15) is 4.79 Å². The predicted molar refractivity (Wildman–Crippen MR) is 119 cm³/mol. The number of aromatic nitrogens is 1. The first kappa shape index (κ1) is 20.4. The zero-order valence-corrected chi connectivity index (χ0v) is 17.6. The van der Waals surface area contributed by atoms with Gasteiger partial charge in [0.15, 0.2) is 0 Å². The Morgan fingerprint density at radius 2 is 1.66 bits per heavy atom. The van der Waals surface area contributed by atoms with E-state index in [-0.39, 0.29) is 5.91 Å². The molecule has 0 atom stereocenters. The van der Waals surface area contributed by atoms with Gasteiger partial charge in [0.1, 0.15) is 11.4 Å². The summed E-state index contributed by atoms with van der Waals surface area (Å²) in [6.07, 6.45) is 2.49. The van der Waals surface area contributed by atoms with Gasteiger partial charge in [-0.05, 0) is 54.7 Å². The van der Waals surface area contributed by atoms with E-state index in [0.717, 1.165) is 40.0 Å². The summed E-state index contributed by atoms with van der Waals surface area (Å²) in [4.78, 5) is 17.1. The zero-order valence-electron chi connectivity index (χ0n) is 17.6. The molecule has 1 heterocycles. The number of methoxy groups -OCH3 is 1. The van der Waals surface area contributed by atoms with E-state index < -0.39 is 0 Å². The van der Waals surface area contributed by atoms with Gasteiger partial charge in [-0.3, -0.25) is 9.78 Å². The van der Waals surface area contributed by atoms with Gasteiger partial charge in [-0.25, -0.2) is 0 Å². The Bertz CT molecular complexity index is 1040. The van der Waals surface area contributed by atoms with Crippen molar-refractivity contribution in [3.8, 4) is 16.9 Å². The molecule has 5 nitrogen and oxygen atoms in total. The van der Waals surface area contributed by atoms with Gasteiger partial charge in [0.2, 0.25) is 0 Å².